The third kappa shape index (κ3) is 4.30. The first-order chi connectivity index (χ1) is 6.15. The molecular weight excluding hydrogens is 170 g/mol. The summed E-state index contributed by atoms with van der Waals surface area (Å²) in [6, 6.07) is 0. The Bertz CT molecular complexity index is 201. The van der Waals surface area contributed by atoms with Gasteiger partial charge < -0.3 is 9.64 Å². The van der Waals surface area contributed by atoms with E-state index in [4.69, 9.17) is 0 Å². The zero-order chi connectivity index (χ0) is 10.3. The summed E-state index contributed by atoms with van der Waals surface area (Å²) in [7, 11) is 1.30. The van der Waals surface area contributed by atoms with E-state index in [0.717, 1.165) is 0 Å². The lowest BCUT2D eigenvalue weighted by Crippen LogP contribution is -2.35. The normalized spacial score (nSPS) is 9.08. The van der Waals surface area contributed by atoms with Crippen LogP contribution in [0.15, 0.2) is 12.7 Å². The van der Waals surface area contributed by atoms with Crippen LogP contribution in [0.25, 0.3) is 0 Å². The third-order valence-electron chi connectivity index (χ3n) is 1.60. The van der Waals surface area contributed by atoms with Crippen LogP contribution >= 0.6 is 0 Å². The van der Waals surface area contributed by atoms with Gasteiger partial charge in [0.1, 0.15) is 6.54 Å². The van der Waals surface area contributed by atoms with Crippen molar-refractivity contribution in [3.63, 3.8) is 0 Å². The van der Waals surface area contributed by atoms with Crippen LogP contribution in [0.1, 0.15) is 13.3 Å². The van der Waals surface area contributed by atoms with Crippen molar-refractivity contribution in [3.05, 3.63) is 12.7 Å². The van der Waals surface area contributed by atoms with Gasteiger partial charge in [0.2, 0.25) is 5.91 Å². The molecule has 0 rings (SSSR count). The van der Waals surface area contributed by atoms with Crippen LogP contribution in [0.5, 0.6) is 0 Å². The van der Waals surface area contributed by atoms with Gasteiger partial charge in [-0.3, -0.25) is 9.59 Å². The second kappa shape index (κ2) is 6.22. The average molecular weight is 185 g/mol. The van der Waals surface area contributed by atoms with Gasteiger partial charge in [0.15, 0.2) is 0 Å². The minimum atomic E-state index is -0.403. The van der Waals surface area contributed by atoms with Crippen molar-refractivity contribution >= 4 is 11.9 Å². The number of hydrogen-bond donors (Lipinski definition) is 0. The van der Waals surface area contributed by atoms with Gasteiger partial charge in [-0.2, -0.15) is 0 Å². The summed E-state index contributed by atoms with van der Waals surface area (Å²) in [6.07, 6.45) is 1.77. The molecule has 74 valence electrons. The highest BCUT2D eigenvalue weighted by Gasteiger charge is 2.13. The van der Waals surface area contributed by atoms with Gasteiger partial charge in [-0.05, 0) is 6.92 Å². The standard InChI is InChI=1S/C9H15NO3/c1-4-6-8(11)10(5-2)7-9(12)13-3/h4H,1,5-7H2,2-3H3. The second-order valence-electron chi connectivity index (χ2n) is 2.48. The molecule has 0 bridgehead atoms. The van der Waals surface area contributed by atoms with E-state index in [0.29, 0.717) is 6.54 Å². The molecule has 4 nitrogen and oxygen atoms in total. The quantitative estimate of drug-likeness (QED) is 0.465. The Morgan fingerprint density at radius 2 is 2.15 bits per heavy atom. The number of carbonyl (C=O) groups excluding carboxylic acids is 2. The molecular formula is C9H15NO3. The Balaban J connectivity index is 4.08. The molecule has 0 saturated carbocycles. The monoisotopic (exact) mass is 185 g/mol. The van der Waals surface area contributed by atoms with Gasteiger partial charge in [-0.25, -0.2) is 0 Å². The summed E-state index contributed by atoms with van der Waals surface area (Å²) in [6.45, 7) is 5.78. The number of amides is 1. The number of likely N-dealkylation sites (N-methyl/N-ethyl adjacent to an activating group) is 1. The molecule has 0 aromatic rings. The summed E-state index contributed by atoms with van der Waals surface area (Å²) in [4.78, 5) is 23.5. The molecule has 0 aromatic carbocycles. The van der Waals surface area contributed by atoms with Crippen LogP contribution in [-0.4, -0.2) is 37.0 Å². The number of carbonyl (C=O) groups is 2. The smallest absolute Gasteiger partial charge is 0.325 e. The SMILES string of the molecule is C=CCC(=O)N(CC)CC(=O)OC. The highest BCUT2D eigenvalue weighted by atomic mass is 16.5. The van der Waals surface area contributed by atoms with Gasteiger partial charge in [-0.1, -0.05) is 6.08 Å². The van der Waals surface area contributed by atoms with Gasteiger partial charge in [0, 0.05) is 13.0 Å². The Morgan fingerprint density at radius 1 is 1.54 bits per heavy atom. The molecule has 1 amide bonds. The van der Waals surface area contributed by atoms with Gasteiger partial charge in [-0.15, -0.1) is 6.58 Å². The zero-order valence-electron chi connectivity index (χ0n) is 8.08. The van der Waals surface area contributed by atoms with Crippen molar-refractivity contribution in [2.24, 2.45) is 0 Å². The maximum Gasteiger partial charge on any atom is 0.325 e. The van der Waals surface area contributed by atoms with Crippen molar-refractivity contribution in [2.45, 2.75) is 13.3 Å². The predicted octanol–water partition coefficient (Wildman–Crippen LogP) is 0.584. The molecule has 0 heterocycles. The van der Waals surface area contributed by atoms with E-state index in [9.17, 15) is 9.59 Å². The van der Waals surface area contributed by atoms with Crippen LogP contribution in [0, 0.1) is 0 Å². The van der Waals surface area contributed by atoms with Gasteiger partial charge in [0.05, 0.1) is 7.11 Å². The topological polar surface area (TPSA) is 46.6 Å². The van der Waals surface area contributed by atoms with E-state index in [1.54, 1.807) is 0 Å². The summed E-state index contributed by atoms with van der Waals surface area (Å²) >= 11 is 0. The Kier molecular flexibility index (Phi) is 5.59. The van der Waals surface area contributed by atoms with E-state index >= 15 is 0 Å². The molecule has 0 saturated heterocycles. The minimum Gasteiger partial charge on any atom is -0.468 e. The number of hydrogen-bond acceptors (Lipinski definition) is 3. The van der Waals surface area contributed by atoms with Gasteiger partial charge in [0.25, 0.3) is 0 Å². The highest BCUT2D eigenvalue weighted by Crippen LogP contribution is 1.95. The lowest BCUT2D eigenvalue weighted by Gasteiger charge is -2.18. The van der Waals surface area contributed by atoms with Crippen LogP contribution in [0.3, 0.4) is 0 Å². The minimum absolute atomic E-state index is 0.0136. The first kappa shape index (κ1) is 11.7. The number of methoxy groups -OCH3 is 1. The maximum atomic E-state index is 11.3. The summed E-state index contributed by atoms with van der Waals surface area (Å²) < 4.78 is 4.45. The molecule has 0 spiro atoms. The lowest BCUT2D eigenvalue weighted by atomic mass is 10.3. The second-order valence-corrected chi connectivity index (χ2v) is 2.48. The fourth-order valence-electron chi connectivity index (χ4n) is 0.849. The molecule has 0 aliphatic rings. The van der Waals surface area contributed by atoms with Crippen LogP contribution in [0.4, 0.5) is 0 Å². The average Bonchev–Trinajstić information content (AvgIpc) is 2.14. The van der Waals surface area contributed by atoms with Crippen molar-refractivity contribution in [2.75, 3.05) is 20.2 Å². The Morgan fingerprint density at radius 3 is 2.54 bits per heavy atom. The number of ether oxygens (including phenoxy) is 1. The van der Waals surface area contributed by atoms with Crippen LogP contribution in [0.2, 0.25) is 0 Å². The van der Waals surface area contributed by atoms with Crippen molar-refractivity contribution in [1.29, 1.82) is 0 Å². The van der Waals surface area contributed by atoms with E-state index in [1.807, 2.05) is 6.92 Å². The lowest BCUT2D eigenvalue weighted by molar-refractivity contribution is -0.146. The molecule has 0 unspecified atom stereocenters. The Labute approximate surface area is 78.2 Å². The molecule has 0 N–H and O–H groups in total. The number of nitrogens with zero attached hydrogens (tertiary/aromatic N) is 1. The molecule has 0 aliphatic heterocycles. The molecule has 0 aromatic heterocycles. The van der Waals surface area contributed by atoms with E-state index < -0.39 is 5.97 Å². The zero-order valence-corrected chi connectivity index (χ0v) is 8.08. The molecule has 0 aliphatic carbocycles. The van der Waals surface area contributed by atoms with E-state index in [-0.39, 0.29) is 18.9 Å². The summed E-state index contributed by atoms with van der Waals surface area (Å²) in [5, 5.41) is 0. The van der Waals surface area contributed by atoms with Gasteiger partial charge >= 0.3 is 5.97 Å². The number of rotatable bonds is 5. The molecule has 0 fully saturated rings. The number of esters is 1. The van der Waals surface area contributed by atoms with Crippen molar-refractivity contribution in [1.82, 2.24) is 4.90 Å². The molecule has 4 heteroatoms. The van der Waals surface area contributed by atoms with Crippen molar-refractivity contribution < 1.29 is 14.3 Å². The predicted molar refractivity (Wildman–Crippen MR) is 49.1 cm³/mol. The third-order valence-corrected chi connectivity index (χ3v) is 1.60. The Hall–Kier alpha value is -1.32. The highest BCUT2D eigenvalue weighted by molar-refractivity contribution is 5.82. The first-order valence-electron chi connectivity index (χ1n) is 4.11. The van der Waals surface area contributed by atoms with Crippen LogP contribution in [-0.2, 0) is 14.3 Å². The molecule has 0 atom stereocenters. The van der Waals surface area contributed by atoms with E-state index in [2.05, 4.69) is 11.3 Å². The summed E-state index contributed by atoms with van der Waals surface area (Å²) in [5.74, 6) is -0.512. The van der Waals surface area contributed by atoms with E-state index in [1.165, 1.54) is 18.1 Å². The fourth-order valence-corrected chi connectivity index (χ4v) is 0.849. The van der Waals surface area contributed by atoms with Crippen molar-refractivity contribution in [3.8, 4) is 0 Å². The first-order valence-corrected chi connectivity index (χ1v) is 4.11. The maximum absolute atomic E-state index is 11.3. The largest absolute Gasteiger partial charge is 0.468 e. The molecule has 13 heavy (non-hydrogen) atoms. The fraction of sp³-hybridized carbons (Fsp3) is 0.556. The van der Waals surface area contributed by atoms with Crippen LogP contribution < -0.4 is 0 Å². The summed E-state index contributed by atoms with van der Waals surface area (Å²) in [5.41, 5.74) is 0. The molecule has 0 radical (unpaired) electrons.